The van der Waals surface area contributed by atoms with Crippen molar-refractivity contribution in [2.45, 2.75) is 36.6 Å². The zero-order valence-corrected chi connectivity index (χ0v) is 16.8. The molecular formula is C16H16ClF3N2O3S2. The first kappa shape index (κ1) is 21.5. The number of urea groups is 1. The van der Waals surface area contributed by atoms with Gasteiger partial charge in [0.1, 0.15) is 5.00 Å². The molecule has 0 unspecified atom stereocenters. The number of alkyl halides is 3. The highest BCUT2D eigenvalue weighted by Crippen LogP contribution is 2.40. The number of thiophene rings is 1. The minimum Gasteiger partial charge on any atom is -0.308 e. The number of halogens is 4. The van der Waals surface area contributed by atoms with Crippen molar-refractivity contribution in [2.75, 3.05) is 10.6 Å². The number of benzene rings is 1. The van der Waals surface area contributed by atoms with E-state index in [1.165, 1.54) is 32.2 Å². The van der Waals surface area contributed by atoms with Crippen molar-refractivity contribution in [1.29, 1.82) is 0 Å². The molecular weight excluding hydrogens is 425 g/mol. The summed E-state index contributed by atoms with van der Waals surface area (Å²) in [5, 5.41) is 5.85. The van der Waals surface area contributed by atoms with Crippen LogP contribution in [0, 0.1) is 0 Å². The van der Waals surface area contributed by atoms with Crippen LogP contribution in [0.1, 0.15) is 26.3 Å². The SMILES string of the molecule is CC(C)(C)S(=O)(=O)c1csc(NC(=O)Nc2cccc(C(F)(F)F)c2)c1Cl. The van der Waals surface area contributed by atoms with Gasteiger partial charge in [-0.25, -0.2) is 13.2 Å². The molecule has 2 aromatic rings. The number of amides is 2. The smallest absolute Gasteiger partial charge is 0.308 e. The van der Waals surface area contributed by atoms with Gasteiger partial charge in [-0.2, -0.15) is 13.2 Å². The molecule has 0 bridgehead atoms. The van der Waals surface area contributed by atoms with Crippen molar-refractivity contribution in [2.24, 2.45) is 0 Å². The van der Waals surface area contributed by atoms with Crippen molar-refractivity contribution in [3.8, 4) is 0 Å². The first-order chi connectivity index (χ1) is 12.2. The number of nitrogens with one attached hydrogen (secondary N) is 2. The number of hydrogen-bond acceptors (Lipinski definition) is 4. The summed E-state index contributed by atoms with van der Waals surface area (Å²) in [6.45, 7) is 4.55. The summed E-state index contributed by atoms with van der Waals surface area (Å²) in [5.41, 5.74) is -0.981. The lowest BCUT2D eigenvalue weighted by Crippen LogP contribution is -2.27. The first-order valence-corrected chi connectivity index (χ1v) is 10.2. The minimum absolute atomic E-state index is 0.0717. The molecule has 5 nitrogen and oxygen atoms in total. The molecule has 27 heavy (non-hydrogen) atoms. The van der Waals surface area contributed by atoms with Crippen molar-refractivity contribution in [1.82, 2.24) is 0 Å². The Morgan fingerprint density at radius 1 is 1.15 bits per heavy atom. The maximum absolute atomic E-state index is 12.7. The number of carbonyl (C=O) groups is 1. The van der Waals surface area contributed by atoms with E-state index in [1.807, 2.05) is 0 Å². The zero-order valence-electron chi connectivity index (χ0n) is 14.4. The van der Waals surface area contributed by atoms with Gasteiger partial charge in [0.2, 0.25) is 0 Å². The Morgan fingerprint density at radius 2 is 1.78 bits per heavy atom. The second-order valence-electron chi connectivity index (χ2n) is 6.52. The van der Waals surface area contributed by atoms with E-state index in [1.54, 1.807) is 0 Å². The lowest BCUT2D eigenvalue weighted by Gasteiger charge is -2.18. The van der Waals surface area contributed by atoms with Gasteiger partial charge in [-0.3, -0.25) is 5.32 Å². The van der Waals surface area contributed by atoms with Crippen LogP contribution in [0.15, 0.2) is 34.5 Å². The molecule has 0 radical (unpaired) electrons. The van der Waals surface area contributed by atoms with Crippen molar-refractivity contribution in [3.63, 3.8) is 0 Å². The van der Waals surface area contributed by atoms with E-state index in [-0.39, 0.29) is 20.6 Å². The Kier molecular flexibility index (Phi) is 5.84. The number of sulfone groups is 1. The molecule has 2 amide bonds. The highest BCUT2D eigenvalue weighted by Gasteiger charge is 2.34. The Morgan fingerprint density at radius 3 is 2.33 bits per heavy atom. The number of hydrogen-bond donors (Lipinski definition) is 2. The van der Waals surface area contributed by atoms with Crippen LogP contribution in [0.25, 0.3) is 0 Å². The van der Waals surface area contributed by atoms with Gasteiger partial charge in [0.05, 0.1) is 20.2 Å². The molecule has 1 aromatic heterocycles. The first-order valence-electron chi connectivity index (χ1n) is 7.50. The van der Waals surface area contributed by atoms with Gasteiger partial charge in [0.25, 0.3) is 0 Å². The predicted octanol–water partition coefficient (Wildman–Crippen LogP) is 5.64. The predicted molar refractivity (Wildman–Crippen MR) is 100 cm³/mol. The van der Waals surface area contributed by atoms with E-state index in [0.717, 1.165) is 29.5 Å². The van der Waals surface area contributed by atoms with Crippen LogP contribution in [0.2, 0.25) is 5.02 Å². The quantitative estimate of drug-likeness (QED) is 0.648. The summed E-state index contributed by atoms with van der Waals surface area (Å²) in [4.78, 5) is 11.9. The van der Waals surface area contributed by atoms with Gasteiger partial charge < -0.3 is 5.32 Å². The molecule has 0 fully saturated rings. The fraction of sp³-hybridized carbons (Fsp3) is 0.312. The minimum atomic E-state index is -4.54. The van der Waals surface area contributed by atoms with Crippen LogP contribution in [-0.2, 0) is 16.0 Å². The van der Waals surface area contributed by atoms with Gasteiger partial charge in [-0.15, -0.1) is 11.3 Å². The average Bonchev–Trinajstić information content (AvgIpc) is 2.87. The monoisotopic (exact) mass is 440 g/mol. The van der Waals surface area contributed by atoms with Gasteiger partial charge in [-0.1, -0.05) is 17.7 Å². The van der Waals surface area contributed by atoms with E-state index in [0.29, 0.717) is 0 Å². The van der Waals surface area contributed by atoms with E-state index in [4.69, 9.17) is 11.6 Å². The van der Waals surface area contributed by atoms with Crippen LogP contribution < -0.4 is 10.6 Å². The Bertz CT molecular complexity index is 964. The lowest BCUT2D eigenvalue weighted by molar-refractivity contribution is -0.137. The maximum Gasteiger partial charge on any atom is 0.416 e. The molecule has 0 saturated heterocycles. The maximum atomic E-state index is 12.7. The third-order valence-electron chi connectivity index (χ3n) is 3.47. The van der Waals surface area contributed by atoms with E-state index in [2.05, 4.69) is 10.6 Å². The van der Waals surface area contributed by atoms with Crippen LogP contribution in [0.3, 0.4) is 0 Å². The Balaban J connectivity index is 2.19. The molecule has 0 spiro atoms. The average molecular weight is 441 g/mol. The third kappa shape index (κ3) is 4.74. The van der Waals surface area contributed by atoms with Crippen molar-refractivity contribution in [3.05, 3.63) is 40.2 Å². The fourth-order valence-corrected chi connectivity index (χ4v) is 4.99. The molecule has 0 aliphatic carbocycles. The van der Waals surface area contributed by atoms with E-state index in [9.17, 15) is 26.4 Å². The molecule has 2 N–H and O–H groups in total. The number of carbonyl (C=O) groups excluding carboxylic acids is 1. The molecule has 0 atom stereocenters. The largest absolute Gasteiger partial charge is 0.416 e. The van der Waals surface area contributed by atoms with E-state index >= 15 is 0 Å². The highest BCUT2D eigenvalue weighted by atomic mass is 35.5. The van der Waals surface area contributed by atoms with E-state index < -0.39 is 32.4 Å². The summed E-state index contributed by atoms with van der Waals surface area (Å²) in [7, 11) is -3.72. The Hall–Kier alpha value is -1.78. The summed E-state index contributed by atoms with van der Waals surface area (Å²) >= 11 is 6.99. The topological polar surface area (TPSA) is 75.3 Å². The molecule has 148 valence electrons. The molecule has 0 aliphatic heterocycles. The molecule has 2 rings (SSSR count). The number of anilines is 2. The lowest BCUT2D eigenvalue weighted by atomic mass is 10.2. The fourth-order valence-electron chi connectivity index (χ4n) is 1.96. The summed E-state index contributed by atoms with van der Waals surface area (Å²) in [5.74, 6) is 0. The second-order valence-corrected chi connectivity index (χ2v) is 10.4. The van der Waals surface area contributed by atoms with Crippen molar-refractivity contribution >= 4 is 49.5 Å². The van der Waals surface area contributed by atoms with Crippen molar-refractivity contribution < 1.29 is 26.4 Å². The van der Waals surface area contributed by atoms with Crippen LogP contribution in [0.5, 0.6) is 0 Å². The normalized spacial score (nSPS) is 12.7. The molecule has 11 heteroatoms. The van der Waals surface area contributed by atoms with Gasteiger partial charge in [0, 0.05) is 11.1 Å². The highest BCUT2D eigenvalue weighted by molar-refractivity contribution is 7.93. The zero-order chi connectivity index (χ0) is 20.6. The molecule has 1 heterocycles. The number of rotatable bonds is 3. The Labute approximate surface area is 163 Å². The van der Waals surface area contributed by atoms with Crippen LogP contribution in [0.4, 0.5) is 28.7 Å². The van der Waals surface area contributed by atoms with Crippen LogP contribution in [-0.4, -0.2) is 19.2 Å². The van der Waals surface area contributed by atoms with Gasteiger partial charge >= 0.3 is 12.2 Å². The second kappa shape index (κ2) is 7.33. The molecule has 0 aliphatic rings. The summed E-state index contributed by atoms with van der Waals surface area (Å²) < 4.78 is 62.0. The van der Waals surface area contributed by atoms with Gasteiger partial charge in [-0.05, 0) is 39.0 Å². The molecule has 1 aromatic carbocycles. The summed E-state index contributed by atoms with van der Waals surface area (Å²) in [6, 6.07) is 3.26. The molecule has 0 saturated carbocycles. The third-order valence-corrected chi connectivity index (χ3v) is 7.64. The van der Waals surface area contributed by atoms with Crippen LogP contribution >= 0.6 is 22.9 Å². The summed E-state index contributed by atoms with van der Waals surface area (Å²) in [6.07, 6.45) is -4.54. The van der Waals surface area contributed by atoms with Gasteiger partial charge in [0.15, 0.2) is 9.84 Å². The standard InChI is InChI=1S/C16H16ClF3N2O3S2/c1-15(2,3)27(24,25)11-8-26-13(12(11)17)22-14(23)21-10-6-4-5-9(7-10)16(18,19)20/h4-8H,1-3H3,(H2,21,22,23).